The molecule has 0 unspecified atom stereocenters. The molecule has 0 atom stereocenters. The number of nitrogens with one attached hydrogen (secondary N) is 1. The highest BCUT2D eigenvalue weighted by atomic mass is 32.2. The average molecular weight is 468 g/mol. The Morgan fingerprint density at radius 1 is 1.06 bits per heavy atom. The van der Waals surface area contributed by atoms with E-state index in [1.807, 2.05) is 30.3 Å². The van der Waals surface area contributed by atoms with Gasteiger partial charge in [-0.15, -0.1) is 11.3 Å². The minimum Gasteiger partial charge on any atom is -0.497 e. The summed E-state index contributed by atoms with van der Waals surface area (Å²) in [5.74, 6) is 0.219. The molecular formula is C22H17N3O5S2. The smallest absolute Gasteiger partial charge is 0.419 e. The van der Waals surface area contributed by atoms with Gasteiger partial charge in [0.25, 0.3) is 10.0 Å². The van der Waals surface area contributed by atoms with Crippen molar-refractivity contribution >= 4 is 48.4 Å². The van der Waals surface area contributed by atoms with Crippen LogP contribution in [0.3, 0.4) is 0 Å². The Hall–Kier alpha value is -3.63. The lowest BCUT2D eigenvalue weighted by atomic mass is 10.2. The highest BCUT2D eigenvalue weighted by Gasteiger charge is 2.17. The van der Waals surface area contributed by atoms with Crippen LogP contribution in [0.1, 0.15) is 0 Å². The molecule has 162 valence electrons. The summed E-state index contributed by atoms with van der Waals surface area (Å²) in [7, 11) is -0.681. The first kappa shape index (κ1) is 20.3. The highest BCUT2D eigenvalue weighted by molar-refractivity contribution is 7.92. The molecule has 2 aromatic heterocycles. The van der Waals surface area contributed by atoms with Gasteiger partial charge >= 0.3 is 5.76 Å². The number of aromatic nitrogens is 2. The molecule has 0 bridgehead atoms. The molecule has 10 heteroatoms. The number of ether oxygens (including phenoxy) is 1. The van der Waals surface area contributed by atoms with E-state index in [2.05, 4.69) is 9.71 Å². The van der Waals surface area contributed by atoms with Crippen molar-refractivity contribution in [1.29, 1.82) is 0 Å². The van der Waals surface area contributed by atoms with Crippen molar-refractivity contribution in [3.8, 4) is 16.3 Å². The zero-order valence-electron chi connectivity index (χ0n) is 17.0. The predicted molar refractivity (Wildman–Crippen MR) is 124 cm³/mol. The molecule has 0 radical (unpaired) electrons. The number of aryl methyl sites for hydroxylation is 1. The van der Waals surface area contributed by atoms with Crippen molar-refractivity contribution in [1.82, 2.24) is 9.55 Å². The number of anilines is 1. The van der Waals surface area contributed by atoms with Crippen molar-refractivity contribution in [3.05, 3.63) is 71.2 Å². The minimum absolute atomic E-state index is 0.00328. The van der Waals surface area contributed by atoms with Gasteiger partial charge in [0.05, 0.1) is 27.7 Å². The number of sulfonamides is 1. The van der Waals surface area contributed by atoms with Crippen molar-refractivity contribution in [3.63, 3.8) is 0 Å². The number of fused-ring (bicyclic) bond motifs is 2. The van der Waals surface area contributed by atoms with Gasteiger partial charge in [0.15, 0.2) is 5.58 Å². The van der Waals surface area contributed by atoms with E-state index in [1.54, 1.807) is 32.4 Å². The average Bonchev–Trinajstić information content (AvgIpc) is 3.33. The zero-order valence-corrected chi connectivity index (χ0v) is 18.7. The van der Waals surface area contributed by atoms with Gasteiger partial charge in [-0.2, -0.15) is 0 Å². The number of benzene rings is 3. The van der Waals surface area contributed by atoms with Crippen LogP contribution in [0.15, 0.2) is 74.8 Å². The normalized spacial score (nSPS) is 11.8. The van der Waals surface area contributed by atoms with Crippen LogP contribution >= 0.6 is 11.3 Å². The van der Waals surface area contributed by atoms with E-state index >= 15 is 0 Å². The third-order valence-corrected chi connectivity index (χ3v) is 7.50. The molecule has 0 aliphatic carbocycles. The Balaban J connectivity index is 1.41. The van der Waals surface area contributed by atoms with Gasteiger partial charge in [0.1, 0.15) is 10.8 Å². The topological polar surface area (TPSA) is 103 Å². The Morgan fingerprint density at radius 3 is 2.59 bits per heavy atom. The van der Waals surface area contributed by atoms with Crippen molar-refractivity contribution in [2.75, 3.05) is 11.8 Å². The summed E-state index contributed by atoms with van der Waals surface area (Å²) in [5.41, 5.74) is 2.89. The summed E-state index contributed by atoms with van der Waals surface area (Å²) in [6, 6.07) is 17.0. The fourth-order valence-electron chi connectivity index (χ4n) is 3.33. The van der Waals surface area contributed by atoms with Gasteiger partial charge in [0.2, 0.25) is 0 Å². The molecular weight excluding hydrogens is 450 g/mol. The van der Waals surface area contributed by atoms with Crippen LogP contribution in [0.4, 0.5) is 5.69 Å². The summed E-state index contributed by atoms with van der Waals surface area (Å²) >= 11 is 1.53. The first-order valence-corrected chi connectivity index (χ1v) is 11.8. The van der Waals surface area contributed by atoms with Crippen LogP contribution < -0.4 is 15.2 Å². The second-order valence-corrected chi connectivity index (χ2v) is 9.81. The molecule has 0 saturated carbocycles. The molecule has 0 aliphatic heterocycles. The Bertz CT molecular complexity index is 1630. The Kier molecular flexibility index (Phi) is 4.75. The van der Waals surface area contributed by atoms with Crippen LogP contribution in [0.5, 0.6) is 5.75 Å². The van der Waals surface area contributed by atoms with Crippen molar-refractivity contribution < 1.29 is 17.6 Å². The van der Waals surface area contributed by atoms with Gasteiger partial charge < -0.3 is 9.15 Å². The molecule has 3 aromatic carbocycles. The lowest BCUT2D eigenvalue weighted by molar-refractivity contribution is 0.415. The monoisotopic (exact) mass is 467 g/mol. The summed E-state index contributed by atoms with van der Waals surface area (Å²) < 4.78 is 40.8. The quantitative estimate of drug-likeness (QED) is 0.415. The minimum atomic E-state index is -3.86. The second-order valence-electron chi connectivity index (χ2n) is 7.09. The van der Waals surface area contributed by atoms with Gasteiger partial charge in [0, 0.05) is 24.4 Å². The van der Waals surface area contributed by atoms with E-state index in [9.17, 15) is 13.2 Å². The fourth-order valence-corrected chi connectivity index (χ4v) is 5.40. The van der Waals surface area contributed by atoms with E-state index in [0.717, 1.165) is 26.5 Å². The van der Waals surface area contributed by atoms with Gasteiger partial charge in [-0.25, -0.2) is 18.2 Å². The van der Waals surface area contributed by atoms with Gasteiger partial charge in [-0.3, -0.25) is 9.29 Å². The molecule has 1 N–H and O–H groups in total. The van der Waals surface area contributed by atoms with E-state index in [4.69, 9.17) is 9.15 Å². The SMILES string of the molecule is COc1ccc2nc(-c3ccc(NS(=O)(=O)c4ccc5c(c4)oc(=O)n5C)cc3)sc2c1. The number of rotatable bonds is 5. The maximum absolute atomic E-state index is 12.8. The van der Waals surface area contributed by atoms with Crippen LogP contribution in [0.25, 0.3) is 31.9 Å². The highest BCUT2D eigenvalue weighted by Crippen LogP contribution is 2.33. The fraction of sp³-hybridized carbons (Fsp3) is 0.0909. The molecule has 8 nitrogen and oxygen atoms in total. The number of hydrogen-bond donors (Lipinski definition) is 1. The third-order valence-electron chi connectivity index (χ3n) is 5.05. The maximum Gasteiger partial charge on any atom is 0.419 e. The van der Waals surface area contributed by atoms with E-state index < -0.39 is 15.8 Å². The number of nitrogens with zero attached hydrogens (tertiary/aromatic N) is 2. The van der Waals surface area contributed by atoms with Gasteiger partial charge in [-0.05, 0) is 54.6 Å². The maximum atomic E-state index is 12.8. The predicted octanol–water partition coefficient (Wildman–Crippen LogP) is 4.22. The molecule has 0 amide bonds. The Labute approximate surface area is 186 Å². The molecule has 0 saturated heterocycles. The van der Waals surface area contributed by atoms with Crippen molar-refractivity contribution in [2.24, 2.45) is 7.05 Å². The standard InChI is InChI=1S/C22H17N3O5S2/c1-25-18-10-8-16(12-19(18)30-22(25)26)32(27,28)24-14-5-3-13(4-6-14)21-23-17-9-7-15(29-2)11-20(17)31-21/h3-12,24H,1-2H3. The zero-order chi connectivity index (χ0) is 22.5. The van der Waals surface area contributed by atoms with Crippen LogP contribution in [-0.2, 0) is 17.1 Å². The largest absolute Gasteiger partial charge is 0.497 e. The first-order chi connectivity index (χ1) is 15.3. The number of methoxy groups -OCH3 is 1. The molecule has 5 rings (SSSR count). The van der Waals surface area contributed by atoms with E-state index in [0.29, 0.717) is 11.2 Å². The molecule has 32 heavy (non-hydrogen) atoms. The van der Waals surface area contributed by atoms with Crippen LogP contribution in [0.2, 0.25) is 0 Å². The van der Waals surface area contributed by atoms with E-state index in [1.165, 1.54) is 28.0 Å². The van der Waals surface area contributed by atoms with Crippen molar-refractivity contribution in [2.45, 2.75) is 4.90 Å². The summed E-state index contributed by atoms with van der Waals surface area (Å²) in [6.07, 6.45) is 0. The number of thiazole rings is 1. The van der Waals surface area contributed by atoms with Crippen LogP contribution in [-0.4, -0.2) is 25.1 Å². The summed E-state index contributed by atoms with van der Waals surface area (Å²) in [5, 5.41) is 0.826. The molecule has 0 aliphatic rings. The molecule has 5 aromatic rings. The molecule has 0 fully saturated rings. The molecule has 0 spiro atoms. The lowest BCUT2D eigenvalue weighted by Gasteiger charge is -2.08. The molecule has 2 heterocycles. The number of hydrogen-bond acceptors (Lipinski definition) is 7. The van der Waals surface area contributed by atoms with E-state index in [-0.39, 0.29) is 10.5 Å². The first-order valence-electron chi connectivity index (χ1n) is 9.51. The third kappa shape index (κ3) is 3.53. The summed E-state index contributed by atoms with van der Waals surface area (Å²) in [6.45, 7) is 0. The lowest BCUT2D eigenvalue weighted by Crippen LogP contribution is -2.12. The van der Waals surface area contributed by atoms with Crippen LogP contribution in [0, 0.1) is 0 Å². The number of oxazole rings is 1. The summed E-state index contributed by atoms with van der Waals surface area (Å²) in [4.78, 5) is 16.3. The Morgan fingerprint density at radius 2 is 1.84 bits per heavy atom. The van der Waals surface area contributed by atoms with Gasteiger partial charge in [-0.1, -0.05) is 0 Å². The second kappa shape index (κ2) is 7.50.